The third-order valence-electron chi connectivity index (χ3n) is 6.87. The van der Waals surface area contributed by atoms with Gasteiger partial charge < -0.3 is 14.8 Å². The van der Waals surface area contributed by atoms with Crippen molar-refractivity contribution >= 4 is 17.3 Å². The monoisotopic (exact) mass is 431 g/mol. The summed E-state index contributed by atoms with van der Waals surface area (Å²) >= 11 is 5.89. The zero-order valence-corrected chi connectivity index (χ0v) is 19.0. The minimum Gasteiger partial charge on any atom is -0.352 e. The summed E-state index contributed by atoms with van der Waals surface area (Å²) in [6, 6.07) is 13.4. The highest BCUT2D eigenvalue weighted by Crippen LogP contribution is 2.44. The fourth-order valence-electron chi connectivity index (χ4n) is 5.32. The molecular weight excluding hydrogens is 402 g/mol. The van der Waals surface area contributed by atoms with Crippen LogP contribution < -0.4 is 5.32 Å². The van der Waals surface area contributed by atoms with E-state index in [1.807, 2.05) is 24.7 Å². The lowest BCUT2D eigenvalue weighted by molar-refractivity contribution is 0.245. The van der Waals surface area contributed by atoms with Gasteiger partial charge in [0.2, 0.25) is 0 Å². The number of pyridine rings is 2. The first-order valence-electron chi connectivity index (χ1n) is 11.2. The maximum atomic E-state index is 5.89. The summed E-state index contributed by atoms with van der Waals surface area (Å²) < 4.78 is 2.41. The number of nitrogens with zero attached hydrogens (tertiary/aromatic N) is 4. The molecule has 31 heavy (non-hydrogen) atoms. The van der Waals surface area contributed by atoms with Crippen LogP contribution in [0.4, 0.5) is 0 Å². The van der Waals surface area contributed by atoms with Crippen LogP contribution in [0.1, 0.15) is 66.0 Å². The Bertz CT molecular complexity index is 1060. The highest BCUT2D eigenvalue weighted by Gasteiger charge is 2.44. The number of nitrogens with one attached hydrogen (secondary N) is 1. The molecule has 0 bridgehead atoms. The van der Waals surface area contributed by atoms with Crippen LogP contribution in [0.15, 0.2) is 55.0 Å². The van der Waals surface area contributed by atoms with Crippen molar-refractivity contribution < 1.29 is 0 Å². The maximum Gasteiger partial charge on any atom is 0.170 e. The Labute approximate surface area is 189 Å². The summed E-state index contributed by atoms with van der Waals surface area (Å²) in [5.74, 6) is 0. The molecule has 1 aliphatic carbocycles. The van der Waals surface area contributed by atoms with Gasteiger partial charge >= 0.3 is 0 Å². The lowest BCUT2D eigenvalue weighted by Gasteiger charge is -2.33. The van der Waals surface area contributed by atoms with Gasteiger partial charge in [0.15, 0.2) is 5.11 Å². The lowest BCUT2D eigenvalue weighted by atomic mass is 9.95. The van der Waals surface area contributed by atoms with Crippen LogP contribution >= 0.6 is 12.2 Å². The molecule has 1 N–H and O–H groups in total. The Morgan fingerprint density at radius 1 is 1.06 bits per heavy atom. The van der Waals surface area contributed by atoms with E-state index in [4.69, 9.17) is 17.2 Å². The standard InChI is InChI=1S/C25H29N5S/c1-17-15-21(18(2)29(17)16-19-10-13-26-14-11-19)24-23(22-9-5-6-12-27-22)28-25(31)30(24)20-7-3-4-8-20/h5-6,9-15,20,23-24H,3-4,7-8,16H2,1-2H3,(H,28,31)/t23-,24+/m0/s1. The van der Waals surface area contributed by atoms with Crippen molar-refractivity contribution in [2.45, 2.75) is 64.2 Å². The first-order chi connectivity index (χ1) is 15.1. The molecule has 5 nitrogen and oxygen atoms in total. The van der Waals surface area contributed by atoms with Crippen LogP contribution in [0.2, 0.25) is 0 Å². The first-order valence-corrected chi connectivity index (χ1v) is 11.6. The van der Waals surface area contributed by atoms with Crippen LogP contribution in [0.3, 0.4) is 0 Å². The molecule has 1 aliphatic heterocycles. The quantitative estimate of drug-likeness (QED) is 0.585. The summed E-state index contributed by atoms with van der Waals surface area (Å²) in [5, 5.41) is 4.50. The van der Waals surface area contributed by atoms with Gasteiger partial charge in [0.25, 0.3) is 0 Å². The molecule has 0 unspecified atom stereocenters. The van der Waals surface area contributed by atoms with E-state index in [0.717, 1.165) is 17.4 Å². The molecule has 5 rings (SSSR count). The minimum atomic E-state index is 0.0594. The molecule has 1 saturated carbocycles. The molecule has 6 heteroatoms. The summed E-state index contributed by atoms with van der Waals surface area (Å²) in [6.45, 7) is 5.30. The van der Waals surface area contributed by atoms with Crippen LogP contribution in [0.5, 0.6) is 0 Å². The Kier molecular flexibility index (Phi) is 5.48. The minimum absolute atomic E-state index is 0.0594. The fourth-order valence-corrected chi connectivity index (χ4v) is 5.70. The third-order valence-corrected chi connectivity index (χ3v) is 7.20. The Balaban J connectivity index is 1.57. The number of hydrogen-bond acceptors (Lipinski definition) is 3. The van der Waals surface area contributed by atoms with E-state index < -0.39 is 0 Å². The molecule has 2 fully saturated rings. The lowest BCUT2D eigenvalue weighted by Crippen LogP contribution is -2.37. The van der Waals surface area contributed by atoms with Gasteiger partial charge in [-0.25, -0.2) is 0 Å². The number of aromatic nitrogens is 3. The summed E-state index contributed by atoms with van der Waals surface area (Å²) in [5.41, 5.74) is 6.23. The average molecular weight is 432 g/mol. The van der Waals surface area contributed by atoms with Crippen molar-refractivity contribution in [1.29, 1.82) is 0 Å². The normalized spacial score (nSPS) is 21.6. The molecule has 0 amide bonds. The van der Waals surface area contributed by atoms with Crippen molar-refractivity contribution in [3.05, 3.63) is 83.2 Å². The van der Waals surface area contributed by atoms with Gasteiger partial charge in [-0.15, -0.1) is 0 Å². The second kappa shape index (κ2) is 8.42. The predicted molar refractivity (Wildman–Crippen MR) is 127 cm³/mol. The molecule has 0 radical (unpaired) electrons. The van der Waals surface area contributed by atoms with Crippen LogP contribution in [0, 0.1) is 13.8 Å². The molecule has 3 aromatic rings. The van der Waals surface area contributed by atoms with Crippen molar-refractivity contribution in [2.24, 2.45) is 0 Å². The van der Waals surface area contributed by atoms with E-state index in [0.29, 0.717) is 6.04 Å². The van der Waals surface area contributed by atoms with Gasteiger partial charge in [-0.2, -0.15) is 0 Å². The highest BCUT2D eigenvalue weighted by atomic mass is 32.1. The van der Waals surface area contributed by atoms with Crippen molar-refractivity contribution in [2.75, 3.05) is 0 Å². The third kappa shape index (κ3) is 3.74. The maximum absolute atomic E-state index is 5.89. The molecular formula is C25H29N5S. The van der Waals surface area contributed by atoms with E-state index in [1.54, 1.807) is 0 Å². The molecule has 2 aliphatic rings. The highest BCUT2D eigenvalue weighted by molar-refractivity contribution is 7.80. The second-order valence-electron chi connectivity index (χ2n) is 8.74. The van der Waals surface area contributed by atoms with Gasteiger partial charge in [-0.1, -0.05) is 18.9 Å². The number of hydrogen-bond donors (Lipinski definition) is 1. The number of rotatable bonds is 5. The van der Waals surface area contributed by atoms with Gasteiger partial charge in [0, 0.05) is 42.6 Å². The van der Waals surface area contributed by atoms with Gasteiger partial charge in [-0.3, -0.25) is 9.97 Å². The van der Waals surface area contributed by atoms with E-state index in [1.165, 1.54) is 48.2 Å². The molecule has 4 heterocycles. The molecule has 160 valence electrons. The van der Waals surface area contributed by atoms with E-state index in [2.05, 4.69) is 63.9 Å². The number of aryl methyl sites for hydroxylation is 1. The summed E-state index contributed by atoms with van der Waals surface area (Å²) in [7, 11) is 0. The van der Waals surface area contributed by atoms with Crippen LogP contribution in [-0.4, -0.2) is 30.6 Å². The van der Waals surface area contributed by atoms with Crippen LogP contribution in [-0.2, 0) is 6.54 Å². The Morgan fingerprint density at radius 3 is 2.55 bits per heavy atom. The fraction of sp³-hybridized carbons (Fsp3) is 0.400. The second-order valence-corrected chi connectivity index (χ2v) is 9.13. The van der Waals surface area contributed by atoms with E-state index in [9.17, 15) is 0 Å². The molecule has 2 atom stereocenters. The van der Waals surface area contributed by atoms with Gasteiger partial charge in [-0.05, 0) is 80.4 Å². The average Bonchev–Trinajstić information content (AvgIpc) is 3.50. The Morgan fingerprint density at radius 2 is 1.84 bits per heavy atom. The topological polar surface area (TPSA) is 46.0 Å². The van der Waals surface area contributed by atoms with E-state index in [-0.39, 0.29) is 12.1 Å². The zero-order valence-electron chi connectivity index (χ0n) is 18.2. The molecule has 0 aromatic carbocycles. The van der Waals surface area contributed by atoms with E-state index >= 15 is 0 Å². The number of thiocarbonyl (C=S) groups is 1. The predicted octanol–water partition coefficient (Wildman–Crippen LogP) is 4.86. The summed E-state index contributed by atoms with van der Waals surface area (Å²) in [6.07, 6.45) is 10.6. The smallest absolute Gasteiger partial charge is 0.170 e. The molecule has 3 aromatic heterocycles. The van der Waals surface area contributed by atoms with Crippen molar-refractivity contribution in [3.63, 3.8) is 0 Å². The van der Waals surface area contributed by atoms with Crippen molar-refractivity contribution in [1.82, 2.24) is 24.8 Å². The van der Waals surface area contributed by atoms with Crippen LogP contribution in [0.25, 0.3) is 0 Å². The van der Waals surface area contributed by atoms with Crippen molar-refractivity contribution in [3.8, 4) is 0 Å². The SMILES string of the molecule is Cc1cc([C@@H]2[C@H](c3ccccn3)NC(=S)N2C2CCCC2)c(C)n1Cc1ccncc1. The first kappa shape index (κ1) is 20.2. The molecule has 0 spiro atoms. The summed E-state index contributed by atoms with van der Waals surface area (Å²) in [4.78, 5) is 11.3. The zero-order chi connectivity index (χ0) is 21.4. The van der Waals surface area contributed by atoms with Gasteiger partial charge in [0.05, 0.1) is 17.8 Å². The largest absolute Gasteiger partial charge is 0.352 e. The van der Waals surface area contributed by atoms with Gasteiger partial charge in [0.1, 0.15) is 0 Å². The molecule has 1 saturated heterocycles. The Hall–Kier alpha value is -2.73.